The van der Waals surface area contributed by atoms with E-state index in [0.29, 0.717) is 19.3 Å². The molecule has 1 aliphatic carbocycles. The summed E-state index contributed by atoms with van der Waals surface area (Å²) in [5, 5.41) is 0. The van der Waals surface area contributed by atoms with Crippen molar-refractivity contribution in [2.24, 2.45) is 5.73 Å². The maximum atomic E-state index is 12.3. The van der Waals surface area contributed by atoms with Crippen LogP contribution in [0.1, 0.15) is 44.2 Å². The Bertz CT molecular complexity index is 534. The van der Waals surface area contributed by atoms with Crippen molar-refractivity contribution in [2.45, 2.75) is 57.4 Å². The Morgan fingerprint density at radius 3 is 2.64 bits per heavy atom. The lowest BCUT2D eigenvalue weighted by molar-refractivity contribution is 0.0578. The molecule has 0 unspecified atom stereocenters. The van der Waals surface area contributed by atoms with Crippen molar-refractivity contribution in [3.8, 4) is 0 Å². The van der Waals surface area contributed by atoms with E-state index in [1.54, 1.807) is 17.7 Å². The number of nitrogens with two attached hydrogens (primary N) is 2. The molecule has 1 fully saturated rings. The average Bonchev–Trinajstić information content (AvgIpc) is 2.50. The van der Waals surface area contributed by atoms with E-state index in [1.807, 2.05) is 13.1 Å². The summed E-state index contributed by atoms with van der Waals surface area (Å²) in [6, 6.07) is 1.88. The van der Waals surface area contributed by atoms with Crippen molar-refractivity contribution in [3.63, 3.8) is 0 Å². The number of hydrogen-bond donors (Lipinski definition) is 2. The van der Waals surface area contributed by atoms with Gasteiger partial charge in [0.2, 0.25) is 0 Å². The number of aromatic nitrogens is 1. The summed E-state index contributed by atoms with van der Waals surface area (Å²) in [6.07, 6.45) is 5.99. The minimum absolute atomic E-state index is 0.00688. The molecule has 0 aromatic carbocycles. The highest BCUT2D eigenvalue weighted by molar-refractivity contribution is 5.38. The van der Waals surface area contributed by atoms with Crippen molar-refractivity contribution >= 4 is 5.69 Å². The summed E-state index contributed by atoms with van der Waals surface area (Å²) in [5.41, 5.74) is 12.6. The molecule has 0 radical (unpaired) electrons. The molecule has 0 saturated heterocycles. The minimum atomic E-state index is -0.114. The molecule has 0 spiro atoms. The van der Waals surface area contributed by atoms with Crippen molar-refractivity contribution in [1.29, 1.82) is 0 Å². The van der Waals surface area contributed by atoms with Crippen LogP contribution in [0, 0.1) is 0 Å². The number of ether oxygens (including phenoxy) is 2. The first-order chi connectivity index (χ1) is 10.5. The Balaban J connectivity index is 2.10. The lowest BCUT2D eigenvalue weighted by atomic mass is 9.92. The average molecular weight is 309 g/mol. The number of pyridine rings is 1. The zero-order valence-corrected chi connectivity index (χ0v) is 13.5. The Hall–Kier alpha value is -1.37. The predicted octanol–water partition coefficient (Wildman–Crippen LogP) is 1.42. The third-order valence-electron chi connectivity index (χ3n) is 4.15. The van der Waals surface area contributed by atoms with Gasteiger partial charge < -0.3 is 25.5 Å². The zero-order chi connectivity index (χ0) is 16.1. The highest BCUT2D eigenvalue weighted by atomic mass is 16.5. The van der Waals surface area contributed by atoms with Crippen LogP contribution in [0.2, 0.25) is 0 Å². The number of hydrogen-bond acceptors (Lipinski definition) is 5. The van der Waals surface area contributed by atoms with Gasteiger partial charge in [0.15, 0.2) is 0 Å². The number of rotatable bonds is 6. The van der Waals surface area contributed by atoms with Gasteiger partial charge in [-0.05, 0) is 44.2 Å². The van der Waals surface area contributed by atoms with Crippen LogP contribution in [0.15, 0.2) is 17.1 Å². The fourth-order valence-corrected chi connectivity index (χ4v) is 2.96. The minimum Gasteiger partial charge on any atom is -0.394 e. The van der Waals surface area contributed by atoms with E-state index in [9.17, 15) is 4.79 Å². The van der Waals surface area contributed by atoms with Crippen LogP contribution < -0.4 is 17.0 Å². The van der Waals surface area contributed by atoms with Crippen LogP contribution in [0.3, 0.4) is 0 Å². The smallest absolute Gasteiger partial charge is 0.273 e. The highest BCUT2D eigenvalue weighted by Gasteiger charge is 2.23. The summed E-state index contributed by atoms with van der Waals surface area (Å²) in [4.78, 5) is 12.3. The van der Waals surface area contributed by atoms with Crippen molar-refractivity contribution in [1.82, 2.24) is 4.57 Å². The molecule has 124 valence electrons. The Morgan fingerprint density at radius 2 is 2.05 bits per heavy atom. The molecule has 22 heavy (non-hydrogen) atoms. The van der Waals surface area contributed by atoms with Gasteiger partial charge >= 0.3 is 0 Å². The van der Waals surface area contributed by atoms with Crippen LogP contribution >= 0.6 is 0 Å². The fourth-order valence-electron chi connectivity index (χ4n) is 2.96. The standard InChI is InChI=1S/C16H27N3O3/c1-11(17)9-22-10-12-7-15(18)16(20)19(8-12)13-3-5-14(21-2)6-4-13/h7-8,11,13-14H,3-6,9-10,17-18H2,1-2H3/t11-,13?,14?/m1/s1. The van der Waals surface area contributed by atoms with Crippen LogP contribution in [0.4, 0.5) is 5.69 Å². The van der Waals surface area contributed by atoms with Gasteiger partial charge in [0.05, 0.1) is 25.0 Å². The summed E-state index contributed by atoms with van der Waals surface area (Å²) >= 11 is 0. The van der Waals surface area contributed by atoms with E-state index in [1.165, 1.54) is 0 Å². The lowest BCUT2D eigenvalue weighted by Crippen LogP contribution is -2.31. The third-order valence-corrected chi connectivity index (χ3v) is 4.15. The molecule has 0 amide bonds. The molecular weight excluding hydrogens is 282 g/mol. The first kappa shape index (κ1) is 17.0. The number of methoxy groups -OCH3 is 1. The molecule has 1 saturated carbocycles. The quantitative estimate of drug-likeness (QED) is 0.829. The summed E-state index contributed by atoms with van der Waals surface area (Å²) in [5.74, 6) is 0. The van der Waals surface area contributed by atoms with Crippen molar-refractivity contribution in [3.05, 3.63) is 28.2 Å². The van der Waals surface area contributed by atoms with Crippen LogP contribution in [-0.2, 0) is 16.1 Å². The van der Waals surface area contributed by atoms with Crippen molar-refractivity contribution in [2.75, 3.05) is 19.5 Å². The Kier molecular flexibility index (Phi) is 5.99. The molecule has 1 aromatic rings. The number of anilines is 1. The predicted molar refractivity (Wildman–Crippen MR) is 86.7 cm³/mol. The first-order valence-corrected chi connectivity index (χ1v) is 7.88. The first-order valence-electron chi connectivity index (χ1n) is 7.88. The van der Waals surface area contributed by atoms with Crippen LogP contribution in [0.5, 0.6) is 0 Å². The zero-order valence-electron chi connectivity index (χ0n) is 13.5. The van der Waals surface area contributed by atoms with E-state index < -0.39 is 0 Å². The highest BCUT2D eigenvalue weighted by Crippen LogP contribution is 2.29. The molecule has 6 nitrogen and oxygen atoms in total. The molecule has 0 aliphatic heterocycles. The molecule has 0 bridgehead atoms. The largest absolute Gasteiger partial charge is 0.394 e. The van der Waals surface area contributed by atoms with E-state index in [0.717, 1.165) is 31.2 Å². The summed E-state index contributed by atoms with van der Waals surface area (Å²) < 4.78 is 12.7. The number of nitrogen functional groups attached to an aromatic ring is 1. The molecule has 1 atom stereocenters. The van der Waals surface area contributed by atoms with Gasteiger partial charge in [-0.3, -0.25) is 4.79 Å². The second-order valence-corrected chi connectivity index (χ2v) is 6.17. The van der Waals surface area contributed by atoms with Gasteiger partial charge in [-0.15, -0.1) is 0 Å². The Morgan fingerprint density at radius 1 is 1.36 bits per heavy atom. The second kappa shape index (κ2) is 7.76. The number of nitrogens with zero attached hydrogens (tertiary/aromatic N) is 1. The van der Waals surface area contributed by atoms with Gasteiger partial charge in [-0.2, -0.15) is 0 Å². The molecule has 1 aliphatic rings. The SMILES string of the molecule is COC1CCC(n2cc(COC[C@@H](C)N)cc(N)c2=O)CC1. The molecule has 4 N–H and O–H groups in total. The van der Waals surface area contributed by atoms with Crippen molar-refractivity contribution < 1.29 is 9.47 Å². The molecule has 1 aromatic heterocycles. The summed E-state index contributed by atoms with van der Waals surface area (Å²) in [7, 11) is 1.74. The maximum absolute atomic E-state index is 12.3. The molecule has 6 heteroatoms. The fraction of sp³-hybridized carbons (Fsp3) is 0.688. The van der Waals surface area contributed by atoms with Gasteiger partial charge in [-0.25, -0.2) is 0 Å². The normalized spacial score (nSPS) is 23.4. The Labute approximate surface area is 131 Å². The molecule has 2 rings (SSSR count). The van der Waals surface area contributed by atoms with Gasteiger partial charge in [0, 0.05) is 25.4 Å². The third kappa shape index (κ3) is 4.32. The van der Waals surface area contributed by atoms with E-state index >= 15 is 0 Å². The van der Waals surface area contributed by atoms with E-state index in [4.69, 9.17) is 20.9 Å². The molecule has 1 heterocycles. The topological polar surface area (TPSA) is 92.5 Å². The monoisotopic (exact) mass is 309 g/mol. The van der Waals surface area contributed by atoms with Gasteiger partial charge in [0.1, 0.15) is 0 Å². The summed E-state index contributed by atoms with van der Waals surface area (Å²) in [6.45, 7) is 2.79. The van der Waals surface area contributed by atoms with Crippen LogP contribution in [-0.4, -0.2) is 30.4 Å². The van der Waals surface area contributed by atoms with Gasteiger partial charge in [0.25, 0.3) is 5.56 Å². The van der Waals surface area contributed by atoms with E-state index in [-0.39, 0.29) is 23.3 Å². The maximum Gasteiger partial charge on any atom is 0.273 e. The second-order valence-electron chi connectivity index (χ2n) is 6.17. The van der Waals surface area contributed by atoms with E-state index in [2.05, 4.69) is 0 Å². The lowest BCUT2D eigenvalue weighted by Gasteiger charge is -2.29. The molecular formula is C16H27N3O3. The van der Waals surface area contributed by atoms with Crippen LogP contribution in [0.25, 0.3) is 0 Å². The van der Waals surface area contributed by atoms with Gasteiger partial charge in [-0.1, -0.05) is 0 Å².